The summed E-state index contributed by atoms with van der Waals surface area (Å²) in [5, 5.41) is 16.8. The Morgan fingerprint density at radius 2 is 2.10 bits per heavy atom. The van der Waals surface area contributed by atoms with Crippen molar-refractivity contribution in [1.82, 2.24) is 20.2 Å². The van der Waals surface area contributed by atoms with Gasteiger partial charge in [-0.1, -0.05) is 24.3 Å². The average molecular weight is 397 g/mol. The van der Waals surface area contributed by atoms with Crippen LogP contribution in [0.5, 0.6) is 0 Å². The zero-order valence-corrected chi connectivity index (χ0v) is 16.6. The van der Waals surface area contributed by atoms with E-state index < -0.39 is 5.60 Å². The van der Waals surface area contributed by atoms with E-state index >= 15 is 0 Å². The molecule has 3 heterocycles. The zero-order chi connectivity index (χ0) is 20.3. The summed E-state index contributed by atoms with van der Waals surface area (Å²) >= 11 is 0. The van der Waals surface area contributed by atoms with Gasteiger partial charge >= 0.3 is 0 Å². The second-order valence-corrected chi connectivity index (χ2v) is 8.08. The highest BCUT2D eigenvalue weighted by atomic mass is 16.5. The van der Waals surface area contributed by atoms with Crippen LogP contribution in [0, 0.1) is 0 Å². The highest BCUT2D eigenvalue weighted by Crippen LogP contribution is 2.20. The Balaban J connectivity index is 1.29. The Morgan fingerprint density at radius 3 is 2.86 bits per heavy atom. The smallest absolute Gasteiger partial charge is 0.270 e. The summed E-state index contributed by atoms with van der Waals surface area (Å²) in [6.45, 7) is 5.36. The molecule has 0 saturated carbocycles. The minimum absolute atomic E-state index is 0.146. The third kappa shape index (κ3) is 5.09. The van der Waals surface area contributed by atoms with Gasteiger partial charge in [-0.15, -0.1) is 0 Å². The maximum Gasteiger partial charge on any atom is 0.270 e. The molecule has 154 valence electrons. The van der Waals surface area contributed by atoms with Crippen LogP contribution in [-0.2, 0) is 17.7 Å². The van der Waals surface area contributed by atoms with E-state index in [9.17, 15) is 9.90 Å². The number of carbonyl (C=O) groups excluding carboxylic acids is 1. The largest absolute Gasteiger partial charge is 0.387 e. The second-order valence-electron chi connectivity index (χ2n) is 8.08. The average Bonchev–Trinajstić information content (AvgIpc) is 2.69. The molecule has 3 N–H and O–H groups in total. The van der Waals surface area contributed by atoms with Gasteiger partial charge in [-0.25, -0.2) is 9.97 Å². The first-order valence-electron chi connectivity index (χ1n) is 9.95. The summed E-state index contributed by atoms with van der Waals surface area (Å²) in [4.78, 5) is 22.9. The van der Waals surface area contributed by atoms with E-state index in [0.29, 0.717) is 25.6 Å². The van der Waals surface area contributed by atoms with Crippen LogP contribution >= 0.6 is 0 Å². The number of ether oxygens (including phenoxy) is 1. The van der Waals surface area contributed by atoms with E-state index in [-0.39, 0.29) is 24.2 Å². The first kappa shape index (κ1) is 19.8. The van der Waals surface area contributed by atoms with Crippen molar-refractivity contribution in [2.45, 2.75) is 31.5 Å². The fourth-order valence-corrected chi connectivity index (χ4v) is 3.68. The molecule has 2 aliphatic heterocycles. The molecule has 1 saturated heterocycles. The molecular formula is C21H27N5O3. The van der Waals surface area contributed by atoms with Gasteiger partial charge in [0.05, 0.1) is 24.9 Å². The van der Waals surface area contributed by atoms with E-state index in [1.807, 2.05) is 6.07 Å². The summed E-state index contributed by atoms with van der Waals surface area (Å²) in [5.74, 6) is 0.266. The number of benzene rings is 1. The number of hydrogen-bond donors (Lipinski definition) is 3. The van der Waals surface area contributed by atoms with E-state index in [0.717, 1.165) is 19.5 Å². The fourth-order valence-electron chi connectivity index (χ4n) is 3.68. The number of aromatic nitrogens is 2. The lowest BCUT2D eigenvalue weighted by molar-refractivity contribution is 0.0159. The van der Waals surface area contributed by atoms with Crippen molar-refractivity contribution in [3.8, 4) is 0 Å². The Bertz CT molecular complexity index is 869. The lowest BCUT2D eigenvalue weighted by Gasteiger charge is -2.34. The molecule has 1 unspecified atom stereocenters. The molecule has 4 rings (SSSR count). The second kappa shape index (κ2) is 8.44. The molecule has 2 aromatic rings. The fraction of sp³-hybridized carbons (Fsp3) is 0.476. The van der Waals surface area contributed by atoms with Gasteiger partial charge in [-0.2, -0.15) is 0 Å². The van der Waals surface area contributed by atoms with Gasteiger partial charge in [-0.05, 0) is 24.5 Å². The molecule has 0 radical (unpaired) electrons. The van der Waals surface area contributed by atoms with Crippen LogP contribution in [-0.4, -0.2) is 70.4 Å². The van der Waals surface area contributed by atoms with Crippen molar-refractivity contribution in [2.24, 2.45) is 0 Å². The molecule has 1 aromatic heterocycles. The molecular weight excluding hydrogens is 370 g/mol. The van der Waals surface area contributed by atoms with Crippen LogP contribution in [0.3, 0.4) is 0 Å². The van der Waals surface area contributed by atoms with Crippen molar-refractivity contribution in [3.63, 3.8) is 0 Å². The number of carbonyl (C=O) groups is 1. The summed E-state index contributed by atoms with van der Waals surface area (Å²) in [6, 6.07) is 10.2. The first-order chi connectivity index (χ1) is 14.0. The van der Waals surface area contributed by atoms with Crippen LogP contribution in [0.15, 0.2) is 36.7 Å². The molecule has 0 spiro atoms. The normalized spacial score (nSPS) is 19.0. The third-order valence-electron chi connectivity index (χ3n) is 5.29. The van der Waals surface area contributed by atoms with Crippen LogP contribution in [0.2, 0.25) is 0 Å². The predicted molar refractivity (Wildman–Crippen MR) is 109 cm³/mol. The molecule has 1 aromatic carbocycles. The Labute approximate surface area is 170 Å². The molecule has 8 heteroatoms. The molecule has 29 heavy (non-hydrogen) atoms. The van der Waals surface area contributed by atoms with Crippen molar-refractivity contribution in [2.75, 3.05) is 38.2 Å². The van der Waals surface area contributed by atoms with Gasteiger partial charge < -0.3 is 20.5 Å². The van der Waals surface area contributed by atoms with Gasteiger partial charge in [0.2, 0.25) is 0 Å². The van der Waals surface area contributed by atoms with E-state index in [1.165, 1.54) is 17.5 Å². The molecule has 2 aliphatic rings. The van der Waals surface area contributed by atoms with Crippen LogP contribution in [0.4, 0.5) is 5.82 Å². The Kier molecular flexibility index (Phi) is 5.75. The summed E-state index contributed by atoms with van der Waals surface area (Å²) in [5.41, 5.74) is 1.90. The zero-order valence-electron chi connectivity index (χ0n) is 16.6. The summed E-state index contributed by atoms with van der Waals surface area (Å²) in [6.07, 6.45) is 2.33. The molecule has 1 atom stereocenters. The number of fused-ring (bicyclic) bond motifs is 1. The minimum atomic E-state index is -1.04. The number of anilines is 1. The monoisotopic (exact) mass is 397 g/mol. The van der Waals surface area contributed by atoms with Crippen LogP contribution in [0.1, 0.15) is 28.5 Å². The molecule has 0 aliphatic carbocycles. The Morgan fingerprint density at radius 1 is 1.31 bits per heavy atom. The number of nitrogens with zero attached hydrogens (tertiary/aromatic N) is 3. The maximum absolute atomic E-state index is 12.5. The van der Waals surface area contributed by atoms with Gasteiger partial charge in [0, 0.05) is 32.2 Å². The molecule has 8 nitrogen and oxygen atoms in total. The summed E-state index contributed by atoms with van der Waals surface area (Å²) in [7, 11) is 0. The van der Waals surface area contributed by atoms with Gasteiger partial charge in [0.25, 0.3) is 5.91 Å². The number of β-amino-alcohol motifs (C(OH)–C–C–N with tert-alkyl or cyclic N) is 1. The number of hydrogen-bond acceptors (Lipinski definition) is 7. The SMILES string of the molecule is CC(O)(CNC(=O)c1cc(NC2COC2)ncn1)CN1CCc2ccccc2C1. The molecule has 1 fully saturated rings. The van der Waals surface area contributed by atoms with Crippen molar-refractivity contribution >= 4 is 11.7 Å². The van der Waals surface area contributed by atoms with E-state index in [1.54, 1.807) is 13.0 Å². The molecule has 1 amide bonds. The Hall–Kier alpha value is -2.55. The lowest BCUT2D eigenvalue weighted by Crippen LogP contribution is -2.49. The van der Waals surface area contributed by atoms with Gasteiger partial charge in [0.15, 0.2) is 0 Å². The van der Waals surface area contributed by atoms with Crippen LogP contribution < -0.4 is 10.6 Å². The minimum Gasteiger partial charge on any atom is -0.387 e. The van der Waals surface area contributed by atoms with Gasteiger partial charge in [-0.3, -0.25) is 9.69 Å². The van der Waals surface area contributed by atoms with E-state index in [4.69, 9.17) is 4.74 Å². The van der Waals surface area contributed by atoms with Crippen molar-refractivity contribution in [3.05, 3.63) is 53.5 Å². The maximum atomic E-state index is 12.5. The number of amides is 1. The lowest BCUT2D eigenvalue weighted by atomic mass is 9.98. The number of aliphatic hydroxyl groups is 1. The van der Waals surface area contributed by atoms with E-state index in [2.05, 4.69) is 43.7 Å². The van der Waals surface area contributed by atoms with Crippen molar-refractivity contribution < 1.29 is 14.6 Å². The molecule has 0 bridgehead atoms. The standard InChI is InChI=1S/C21H27N5O3/c1-21(28,13-26-7-6-15-4-2-3-5-16(15)9-26)12-22-20(27)18-8-19(24-14-23-18)25-17-10-29-11-17/h2-5,8,14,17,28H,6-7,9-13H2,1H3,(H,22,27)(H,23,24,25). The van der Waals surface area contributed by atoms with Crippen LogP contribution in [0.25, 0.3) is 0 Å². The highest BCUT2D eigenvalue weighted by molar-refractivity contribution is 5.92. The van der Waals surface area contributed by atoms with Crippen molar-refractivity contribution in [1.29, 1.82) is 0 Å². The first-order valence-corrected chi connectivity index (χ1v) is 9.95. The topological polar surface area (TPSA) is 99.6 Å². The third-order valence-corrected chi connectivity index (χ3v) is 5.29. The quantitative estimate of drug-likeness (QED) is 0.636. The summed E-state index contributed by atoms with van der Waals surface area (Å²) < 4.78 is 5.13. The number of rotatable bonds is 7. The highest BCUT2D eigenvalue weighted by Gasteiger charge is 2.27. The predicted octanol–water partition coefficient (Wildman–Crippen LogP) is 0.826. The number of nitrogens with one attached hydrogen (secondary N) is 2. The van der Waals surface area contributed by atoms with Gasteiger partial charge in [0.1, 0.15) is 17.8 Å².